The fraction of sp³-hybridized carbons (Fsp3) is 0.571. The van der Waals surface area contributed by atoms with Gasteiger partial charge in [-0.2, -0.15) is 0 Å². The zero-order valence-corrected chi connectivity index (χ0v) is 17.2. The highest BCUT2D eigenvalue weighted by atomic mass is 19.1. The van der Waals surface area contributed by atoms with Crippen molar-refractivity contribution >= 4 is 17.9 Å². The number of halogens is 2. The molecular formula is C21H26F2N2O5. The number of benzene rings is 1. The molecule has 30 heavy (non-hydrogen) atoms. The largest absolute Gasteiger partial charge is 0.490 e. The van der Waals surface area contributed by atoms with E-state index < -0.39 is 41.6 Å². The Balaban J connectivity index is 1.77. The van der Waals surface area contributed by atoms with Crippen LogP contribution in [0, 0.1) is 17.0 Å². The van der Waals surface area contributed by atoms with Crippen molar-refractivity contribution in [2.24, 2.45) is 5.41 Å². The average molecular weight is 424 g/mol. The molecule has 0 saturated carbocycles. The van der Waals surface area contributed by atoms with E-state index in [1.807, 2.05) is 20.8 Å². The Labute approximate surface area is 173 Å². The van der Waals surface area contributed by atoms with Crippen LogP contribution in [0.4, 0.5) is 13.6 Å². The molecule has 0 spiro atoms. The van der Waals surface area contributed by atoms with Crippen molar-refractivity contribution in [2.75, 3.05) is 6.54 Å². The van der Waals surface area contributed by atoms with Crippen molar-refractivity contribution < 1.29 is 33.0 Å². The van der Waals surface area contributed by atoms with E-state index in [0.29, 0.717) is 12.8 Å². The molecule has 2 aliphatic rings. The number of nitrogens with one attached hydrogen (secondary N) is 1. The van der Waals surface area contributed by atoms with Crippen LogP contribution in [0.5, 0.6) is 5.75 Å². The van der Waals surface area contributed by atoms with Gasteiger partial charge in [-0.1, -0.05) is 20.8 Å². The molecule has 0 aromatic heterocycles. The number of amides is 3. The van der Waals surface area contributed by atoms with Crippen LogP contribution in [-0.2, 0) is 9.59 Å². The lowest BCUT2D eigenvalue weighted by Crippen LogP contribution is -2.53. The minimum Gasteiger partial charge on any atom is -0.490 e. The standard InChI is InChI=1S/C21H26F2N2O5/c1-21(2,3)16-10-11(6-7-25(16)20(28)29)30-12-8-14(22)18(15(23)9-12)13-4-5-17(26)24-19(13)27/h8-9,11,13,16H,4-7,10H2,1-3H3,(H,28,29)(H,24,26,27)/t11?,13?,16-/m0/s1. The fourth-order valence-corrected chi connectivity index (χ4v) is 4.21. The molecule has 2 fully saturated rings. The highest BCUT2D eigenvalue weighted by molar-refractivity contribution is 6.01. The van der Waals surface area contributed by atoms with Crippen molar-refractivity contribution in [3.8, 4) is 5.75 Å². The van der Waals surface area contributed by atoms with Crippen LogP contribution < -0.4 is 10.1 Å². The molecule has 2 heterocycles. The number of rotatable bonds is 3. The minimum absolute atomic E-state index is 0.0116. The zero-order chi connectivity index (χ0) is 22.2. The van der Waals surface area contributed by atoms with Crippen LogP contribution in [0.25, 0.3) is 0 Å². The van der Waals surface area contributed by atoms with E-state index in [0.717, 1.165) is 12.1 Å². The highest BCUT2D eigenvalue weighted by Gasteiger charge is 2.40. The monoisotopic (exact) mass is 424 g/mol. The van der Waals surface area contributed by atoms with E-state index in [4.69, 9.17) is 4.74 Å². The third-order valence-corrected chi connectivity index (χ3v) is 5.74. The van der Waals surface area contributed by atoms with E-state index in [1.54, 1.807) is 0 Å². The van der Waals surface area contributed by atoms with Crippen LogP contribution >= 0.6 is 0 Å². The molecule has 3 atom stereocenters. The summed E-state index contributed by atoms with van der Waals surface area (Å²) in [5.74, 6) is -4.07. The highest BCUT2D eigenvalue weighted by Crippen LogP contribution is 2.35. The first-order valence-electron chi connectivity index (χ1n) is 9.96. The molecule has 2 aliphatic heterocycles. The van der Waals surface area contributed by atoms with Gasteiger partial charge in [0.25, 0.3) is 0 Å². The lowest BCUT2D eigenvalue weighted by Gasteiger charge is -2.44. The van der Waals surface area contributed by atoms with Crippen LogP contribution in [0.1, 0.15) is 57.9 Å². The molecule has 9 heteroatoms. The first kappa shape index (κ1) is 22.0. The SMILES string of the molecule is CC(C)(C)[C@@H]1CC(Oc2cc(F)c(C3CCC(=O)NC3=O)c(F)c2)CCN1C(=O)O. The second-order valence-electron chi connectivity index (χ2n) is 8.93. The van der Waals surface area contributed by atoms with Crippen molar-refractivity contribution in [3.63, 3.8) is 0 Å². The number of carbonyl (C=O) groups excluding carboxylic acids is 2. The molecule has 2 N–H and O–H groups in total. The van der Waals surface area contributed by atoms with E-state index >= 15 is 0 Å². The summed E-state index contributed by atoms with van der Waals surface area (Å²) in [6, 6.07) is 1.78. The van der Waals surface area contributed by atoms with E-state index in [-0.39, 0.29) is 42.2 Å². The number of likely N-dealkylation sites (tertiary alicyclic amines) is 1. The Morgan fingerprint density at radius 2 is 1.83 bits per heavy atom. The molecule has 2 unspecified atom stereocenters. The van der Waals surface area contributed by atoms with E-state index in [9.17, 15) is 28.3 Å². The molecule has 7 nitrogen and oxygen atoms in total. The van der Waals surface area contributed by atoms with E-state index in [2.05, 4.69) is 5.32 Å². The Kier molecular flexibility index (Phi) is 6.01. The molecule has 164 valence electrons. The van der Waals surface area contributed by atoms with Gasteiger partial charge < -0.3 is 14.7 Å². The smallest absolute Gasteiger partial charge is 0.407 e. The molecule has 1 aromatic rings. The number of hydrogen-bond donors (Lipinski definition) is 2. The number of carbonyl (C=O) groups is 3. The number of piperidine rings is 2. The number of carboxylic acid groups (broad SMARTS) is 1. The maximum absolute atomic E-state index is 14.7. The summed E-state index contributed by atoms with van der Waals surface area (Å²) in [5, 5.41) is 11.5. The maximum Gasteiger partial charge on any atom is 0.407 e. The van der Waals surface area contributed by atoms with Gasteiger partial charge >= 0.3 is 6.09 Å². The Morgan fingerprint density at radius 1 is 1.20 bits per heavy atom. The van der Waals surface area contributed by atoms with Gasteiger partial charge in [0.05, 0.1) is 5.92 Å². The molecule has 0 aliphatic carbocycles. The zero-order valence-electron chi connectivity index (χ0n) is 17.2. The van der Waals surface area contributed by atoms with Gasteiger partial charge in [-0.25, -0.2) is 13.6 Å². The third-order valence-electron chi connectivity index (χ3n) is 5.74. The van der Waals surface area contributed by atoms with Gasteiger partial charge in [-0.15, -0.1) is 0 Å². The second kappa shape index (κ2) is 8.20. The number of ether oxygens (including phenoxy) is 1. The van der Waals surface area contributed by atoms with Crippen LogP contribution in [0.3, 0.4) is 0 Å². The van der Waals surface area contributed by atoms with E-state index in [1.165, 1.54) is 4.90 Å². The molecule has 2 saturated heterocycles. The summed E-state index contributed by atoms with van der Waals surface area (Å²) in [5.41, 5.74) is -0.701. The summed E-state index contributed by atoms with van der Waals surface area (Å²) in [6.45, 7) is 6.07. The average Bonchev–Trinajstić information content (AvgIpc) is 2.62. The third kappa shape index (κ3) is 4.55. The molecule has 0 radical (unpaired) electrons. The number of hydrogen-bond acceptors (Lipinski definition) is 4. The maximum atomic E-state index is 14.7. The molecule has 3 amide bonds. The van der Waals surface area contributed by atoms with Crippen molar-refractivity contribution in [1.82, 2.24) is 10.2 Å². The van der Waals surface area contributed by atoms with Crippen molar-refractivity contribution in [1.29, 1.82) is 0 Å². The van der Waals surface area contributed by atoms with Gasteiger partial charge in [0, 0.05) is 49.5 Å². The normalized spacial score (nSPS) is 25.1. The first-order chi connectivity index (χ1) is 14.0. The number of imide groups is 1. The lowest BCUT2D eigenvalue weighted by atomic mass is 9.80. The lowest BCUT2D eigenvalue weighted by molar-refractivity contribution is -0.134. The molecule has 1 aromatic carbocycles. The molecule has 3 rings (SSSR count). The molecule has 0 bridgehead atoms. The predicted octanol–water partition coefficient (Wildman–Crippen LogP) is 3.42. The van der Waals surface area contributed by atoms with Crippen LogP contribution in [0.2, 0.25) is 0 Å². The van der Waals surface area contributed by atoms with Gasteiger partial charge in [-0.3, -0.25) is 14.9 Å². The van der Waals surface area contributed by atoms with Gasteiger partial charge in [0.15, 0.2) is 0 Å². The van der Waals surface area contributed by atoms with Crippen molar-refractivity contribution in [3.05, 3.63) is 29.3 Å². The fourth-order valence-electron chi connectivity index (χ4n) is 4.21. The second-order valence-corrected chi connectivity index (χ2v) is 8.93. The summed E-state index contributed by atoms with van der Waals surface area (Å²) >= 11 is 0. The van der Waals surface area contributed by atoms with Gasteiger partial charge in [-0.05, 0) is 11.8 Å². The topological polar surface area (TPSA) is 95.9 Å². The van der Waals surface area contributed by atoms with Crippen LogP contribution in [0.15, 0.2) is 12.1 Å². The minimum atomic E-state index is -1.07. The first-order valence-corrected chi connectivity index (χ1v) is 9.96. The predicted molar refractivity (Wildman–Crippen MR) is 103 cm³/mol. The Hall–Kier alpha value is -2.71. The number of nitrogens with zero attached hydrogens (tertiary/aromatic N) is 1. The summed E-state index contributed by atoms with van der Waals surface area (Å²) in [7, 11) is 0. The molecular weight excluding hydrogens is 398 g/mol. The van der Waals surface area contributed by atoms with Crippen molar-refractivity contribution in [2.45, 2.75) is 64.5 Å². The summed E-state index contributed by atoms with van der Waals surface area (Å²) < 4.78 is 35.2. The summed E-state index contributed by atoms with van der Waals surface area (Å²) in [6.07, 6.45) is -0.543. The Morgan fingerprint density at radius 3 is 2.37 bits per heavy atom. The summed E-state index contributed by atoms with van der Waals surface area (Å²) in [4.78, 5) is 36.2. The van der Waals surface area contributed by atoms with Gasteiger partial charge in [0.2, 0.25) is 11.8 Å². The van der Waals surface area contributed by atoms with Crippen LogP contribution in [-0.4, -0.2) is 46.6 Å². The van der Waals surface area contributed by atoms with Gasteiger partial charge in [0.1, 0.15) is 23.5 Å². The Bertz CT molecular complexity index is 844. The quantitative estimate of drug-likeness (QED) is 0.725.